The molecule has 9 heteroatoms. The number of carbonyl (C=O) groups excluding carboxylic acids is 1. The van der Waals surface area contributed by atoms with Gasteiger partial charge in [-0.3, -0.25) is 4.79 Å². The van der Waals surface area contributed by atoms with Crippen LogP contribution in [0.5, 0.6) is 5.75 Å². The number of benzene rings is 2. The van der Waals surface area contributed by atoms with Crippen LogP contribution in [0.1, 0.15) is 63.3 Å². The van der Waals surface area contributed by atoms with Crippen LogP contribution in [0.3, 0.4) is 0 Å². The Morgan fingerprint density at radius 1 is 1.26 bits per heavy atom. The number of rotatable bonds is 7. The van der Waals surface area contributed by atoms with Gasteiger partial charge in [0.25, 0.3) is 5.56 Å². The fourth-order valence-corrected chi connectivity index (χ4v) is 5.21. The molecule has 0 aliphatic heterocycles. The predicted molar refractivity (Wildman–Crippen MR) is 141 cm³/mol. The second-order valence-corrected chi connectivity index (χ2v) is 10.1. The van der Waals surface area contributed by atoms with Crippen molar-refractivity contribution in [2.24, 2.45) is 5.10 Å². The third kappa shape index (κ3) is 6.11. The largest absolute Gasteiger partial charge is 0.479 e. The monoisotopic (exact) mass is 559 g/mol. The third-order valence-electron chi connectivity index (χ3n) is 5.79. The summed E-state index contributed by atoms with van der Waals surface area (Å²) < 4.78 is 12.6. The molecular weight excluding hydrogens is 534 g/mol. The van der Waals surface area contributed by atoms with Crippen molar-refractivity contribution in [3.63, 3.8) is 0 Å². The molecule has 0 spiro atoms. The van der Waals surface area contributed by atoms with E-state index in [4.69, 9.17) is 26.1 Å². The Morgan fingerprint density at radius 2 is 2.00 bits per heavy atom. The lowest BCUT2D eigenvalue weighted by molar-refractivity contribution is -0.149. The molecule has 1 aliphatic carbocycles. The van der Waals surface area contributed by atoms with Crippen molar-refractivity contribution < 1.29 is 14.3 Å². The van der Waals surface area contributed by atoms with Gasteiger partial charge in [-0.05, 0) is 72.4 Å². The zero-order chi connectivity index (χ0) is 24.9. The van der Waals surface area contributed by atoms with Crippen molar-refractivity contribution in [3.05, 3.63) is 67.6 Å². The van der Waals surface area contributed by atoms with Crippen molar-refractivity contribution in [3.8, 4) is 5.75 Å². The maximum atomic E-state index is 13.3. The maximum absolute atomic E-state index is 13.3. The Bertz CT molecular complexity index is 1290. The molecule has 0 saturated heterocycles. The first kappa shape index (κ1) is 25.4. The minimum atomic E-state index is -0.480. The van der Waals surface area contributed by atoms with E-state index in [-0.39, 0.29) is 24.2 Å². The van der Waals surface area contributed by atoms with Crippen LogP contribution in [0, 0.1) is 0 Å². The van der Waals surface area contributed by atoms with Gasteiger partial charge in [0.1, 0.15) is 5.82 Å². The lowest BCUT2D eigenvalue weighted by Crippen LogP contribution is -2.25. The molecule has 0 atom stereocenters. The molecule has 0 amide bonds. The highest BCUT2D eigenvalue weighted by molar-refractivity contribution is 9.10. The first-order chi connectivity index (χ1) is 16.8. The number of para-hydroxylation sites is 1. The molecule has 3 aromatic rings. The van der Waals surface area contributed by atoms with E-state index in [0.29, 0.717) is 37.5 Å². The van der Waals surface area contributed by atoms with E-state index in [1.807, 2.05) is 18.2 Å². The molecule has 0 radical (unpaired) electrons. The van der Waals surface area contributed by atoms with Gasteiger partial charge in [0.2, 0.25) is 0 Å². The third-order valence-corrected chi connectivity index (χ3v) is 6.66. The Hall–Kier alpha value is -2.71. The average molecular weight is 561 g/mol. The summed E-state index contributed by atoms with van der Waals surface area (Å²) in [5, 5.41) is 5.37. The number of esters is 1. The van der Waals surface area contributed by atoms with Gasteiger partial charge in [-0.25, -0.2) is 9.78 Å². The van der Waals surface area contributed by atoms with E-state index in [1.54, 1.807) is 38.3 Å². The molecule has 1 aliphatic rings. The van der Waals surface area contributed by atoms with Crippen LogP contribution in [0.15, 0.2) is 50.8 Å². The van der Waals surface area contributed by atoms with Crippen LogP contribution in [0.2, 0.25) is 5.02 Å². The Kier molecular flexibility index (Phi) is 8.23. The summed E-state index contributed by atoms with van der Waals surface area (Å²) in [6.07, 6.45) is 6.77. The van der Waals surface area contributed by atoms with Crippen LogP contribution in [-0.4, -0.2) is 34.6 Å². The second kappa shape index (κ2) is 11.4. The van der Waals surface area contributed by atoms with E-state index >= 15 is 0 Å². The molecule has 1 saturated carbocycles. The number of carbonyl (C=O) groups is 1. The second-order valence-electron chi connectivity index (χ2n) is 8.82. The van der Waals surface area contributed by atoms with E-state index in [9.17, 15) is 9.59 Å². The molecule has 1 heterocycles. The number of fused-ring (bicyclic) bond motifs is 1. The number of halogens is 2. The summed E-state index contributed by atoms with van der Waals surface area (Å²) in [5.41, 5.74) is 1.16. The van der Waals surface area contributed by atoms with E-state index in [2.05, 4.69) is 21.0 Å². The van der Waals surface area contributed by atoms with Gasteiger partial charge in [0.05, 0.1) is 32.7 Å². The molecule has 184 valence electrons. The van der Waals surface area contributed by atoms with E-state index in [0.717, 1.165) is 25.7 Å². The summed E-state index contributed by atoms with van der Waals surface area (Å²) in [6, 6.07) is 10.8. The van der Waals surface area contributed by atoms with Crippen molar-refractivity contribution >= 4 is 50.6 Å². The minimum Gasteiger partial charge on any atom is -0.479 e. The van der Waals surface area contributed by atoms with Crippen LogP contribution < -0.4 is 10.3 Å². The first-order valence-electron chi connectivity index (χ1n) is 11.7. The van der Waals surface area contributed by atoms with Gasteiger partial charge in [-0.15, -0.1) is 0 Å². The standard InChI is InChI=1S/C26H27BrClN3O4/c1-16(2)35-23(32)15-34-24-20(27)12-17(13-21(24)28)14-29-31-25(18-8-4-3-5-9-18)30-22-11-7-6-10-19(22)26(31)33/h6-7,10-14,16,18H,3-5,8-9,15H2,1-2H3. The topological polar surface area (TPSA) is 82.8 Å². The van der Waals surface area contributed by atoms with Crippen LogP contribution in [-0.2, 0) is 9.53 Å². The maximum Gasteiger partial charge on any atom is 0.344 e. The number of hydrogen-bond acceptors (Lipinski definition) is 6. The zero-order valence-corrected chi connectivity index (χ0v) is 22.0. The normalized spacial score (nSPS) is 14.7. The summed E-state index contributed by atoms with van der Waals surface area (Å²) in [4.78, 5) is 30.0. The SMILES string of the molecule is CC(C)OC(=O)COc1c(Cl)cc(C=Nn2c(C3CCCCC3)nc3ccccc3c2=O)cc1Br. The van der Waals surface area contributed by atoms with Crippen molar-refractivity contribution in [2.75, 3.05) is 6.61 Å². The Morgan fingerprint density at radius 3 is 2.71 bits per heavy atom. The molecule has 7 nitrogen and oxygen atoms in total. The quantitative estimate of drug-likeness (QED) is 0.259. The molecule has 4 rings (SSSR count). The molecule has 0 unspecified atom stereocenters. The van der Waals surface area contributed by atoms with Crippen molar-refractivity contribution in [1.82, 2.24) is 9.66 Å². The summed E-state index contributed by atoms with van der Waals surface area (Å²) >= 11 is 9.86. The fraction of sp³-hybridized carbons (Fsp3) is 0.385. The molecule has 1 fully saturated rings. The Labute approximate surface area is 217 Å². The molecule has 1 aromatic heterocycles. The van der Waals surface area contributed by atoms with Crippen LogP contribution in [0.25, 0.3) is 10.9 Å². The van der Waals surface area contributed by atoms with Gasteiger partial charge in [0, 0.05) is 5.92 Å². The minimum absolute atomic E-state index is 0.190. The molecule has 0 N–H and O–H groups in total. The first-order valence-corrected chi connectivity index (χ1v) is 12.9. The number of ether oxygens (including phenoxy) is 2. The lowest BCUT2D eigenvalue weighted by Gasteiger charge is -2.22. The predicted octanol–water partition coefficient (Wildman–Crippen LogP) is 6.07. The molecule has 0 bridgehead atoms. The van der Waals surface area contributed by atoms with Gasteiger partial charge < -0.3 is 9.47 Å². The number of hydrogen-bond donors (Lipinski definition) is 0. The summed E-state index contributed by atoms with van der Waals surface area (Å²) in [7, 11) is 0. The Balaban J connectivity index is 1.64. The smallest absolute Gasteiger partial charge is 0.344 e. The molecule has 2 aromatic carbocycles. The highest BCUT2D eigenvalue weighted by Gasteiger charge is 2.22. The van der Waals surface area contributed by atoms with Crippen molar-refractivity contribution in [1.29, 1.82) is 0 Å². The highest BCUT2D eigenvalue weighted by Crippen LogP contribution is 2.34. The van der Waals surface area contributed by atoms with Gasteiger partial charge in [-0.2, -0.15) is 9.78 Å². The number of aromatic nitrogens is 2. The highest BCUT2D eigenvalue weighted by atomic mass is 79.9. The fourth-order valence-electron chi connectivity index (χ4n) is 4.22. The molecule has 35 heavy (non-hydrogen) atoms. The van der Waals surface area contributed by atoms with E-state index in [1.165, 1.54) is 11.1 Å². The summed E-state index contributed by atoms with van der Waals surface area (Å²) in [6.45, 7) is 3.28. The van der Waals surface area contributed by atoms with Gasteiger partial charge >= 0.3 is 5.97 Å². The van der Waals surface area contributed by atoms with Gasteiger partial charge in [0.15, 0.2) is 12.4 Å². The van der Waals surface area contributed by atoms with Crippen LogP contribution >= 0.6 is 27.5 Å². The molecular formula is C26H27BrClN3O4. The summed E-state index contributed by atoms with van der Waals surface area (Å²) in [5.74, 6) is 0.734. The lowest BCUT2D eigenvalue weighted by atomic mass is 9.88. The van der Waals surface area contributed by atoms with E-state index < -0.39 is 5.97 Å². The zero-order valence-electron chi connectivity index (χ0n) is 19.7. The van der Waals surface area contributed by atoms with Gasteiger partial charge in [-0.1, -0.05) is 43.0 Å². The van der Waals surface area contributed by atoms with Crippen LogP contribution in [0.4, 0.5) is 0 Å². The average Bonchev–Trinajstić information content (AvgIpc) is 2.83. The van der Waals surface area contributed by atoms with Crippen molar-refractivity contribution in [2.45, 2.75) is 58.0 Å². The number of nitrogens with zero attached hydrogens (tertiary/aromatic N) is 3.